The molecule has 2 heterocycles. The van der Waals surface area contributed by atoms with Gasteiger partial charge in [-0.15, -0.1) is 0 Å². The van der Waals surface area contributed by atoms with Crippen molar-refractivity contribution in [2.45, 2.75) is 52.1 Å². The van der Waals surface area contributed by atoms with E-state index in [1.807, 2.05) is 0 Å². The summed E-state index contributed by atoms with van der Waals surface area (Å²) in [6.45, 7) is 8.00. The lowest BCUT2D eigenvalue weighted by Gasteiger charge is -2.36. The molecule has 0 unspecified atom stereocenters. The molecule has 2 aromatic rings. The number of benzene rings is 1. The van der Waals surface area contributed by atoms with Gasteiger partial charge in [-0.25, -0.2) is 0 Å². The lowest BCUT2D eigenvalue weighted by molar-refractivity contribution is -0.135. The van der Waals surface area contributed by atoms with E-state index in [0.717, 1.165) is 32.4 Å². The number of carbonyl (C=O) groups is 1. The smallest absolute Gasteiger partial charge is 0.231 e. The van der Waals surface area contributed by atoms with E-state index in [-0.39, 0.29) is 17.9 Å². The van der Waals surface area contributed by atoms with Gasteiger partial charge in [-0.05, 0) is 49.5 Å². The number of hydrogen-bond acceptors (Lipinski definition) is 2. The van der Waals surface area contributed by atoms with Crippen LogP contribution in [0.5, 0.6) is 0 Å². The minimum atomic E-state index is -0.0729. The second-order valence-electron chi connectivity index (χ2n) is 7.91. The van der Waals surface area contributed by atoms with Crippen molar-refractivity contribution in [2.24, 2.45) is 5.92 Å². The number of H-pyrrole nitrogens is 1. The van der Waals surface area contributed by atoms with Crippen molar-refractivity contribution in [3.05, 3.63) is 41.6 Å². The van der Waals surface area contributed by atoms with E-state index in [4.69, 9.17) is 0 Å². The summed E-state index contributed by atoms with van der Waals surface area (Å²) in [5, 5.41) is 4.98. The third-order valence-electron chi connectivity index (χ3n) is 5.84. The van der Waals surface area contributed by atoms with Gasteiger partial charge in [-0.1, -0.05) is 31.6 Å². The van der Waals surface area contributed by atoms with Crippen LogP contribution in [0.2, 0.25) is 0 Å². The summed E-state index contributed by atoms with van der Waals surface area (Å²) < 4.78 is 0. The Morgan fingerprint density at radius 1 is 1.35 bits per heavy atom. The second-order valence-corrected chi connectivity index (χ2v) is 7.91. The second kappa shape index (κ2) is 6.92. The zero-order chi connectivity index (χ0) is 18.3. The van der Waals surface area contributed by atoms with E-state index >= 15 is 0 Å². The topological polar surface area (TPSA) is 48.1 Å². The lowest BCUT2D eigenvalue weighted by Crippen LogP contribution is -2.48. The SMILES string of the molecule is CCCCN(C(=O)[C@@H]1C=C2c3cccc4[nH]cc(c34)C[C@H]2NC1)C(C)C. The molecular formula is C22H29N3O. The Labute approximate surface area is 155 Å². The maximum atomic E-state index is 13.2. The summed E-state index contributed by atoms with van der Waals surface area (Å²) in [4.78, 5) is 18.6. The highest BCUT2D eigenvalue weighted by Gasteiger charge is 2.34. The summed E-state index contributed by atoms with van der Waals surface area (Å²) in [5.41, 5.74) is 5.15. The Bertz CT molecular complexity index is 848. The fourth-order valence-corrected chi connectivity index (χ4v) is 4.43. The number of aromatic amines is 1. The van der Waals surface area contributed by atoms with Gasteiger partial charge in [0.15, 0.2) is 0 Å². The average molecular weight is 351 g/mol. The van der Waals surface area contributed by atoms with Gasteiger partial charge in [0.2, 0.25) is 5.91 Å². The zero-order valence-electron chi connectivity index (χ0n) is 16.0. The number of fused-ring (bicyclic) bond motifs is 2. The number of nitrogens with one attached hydrogen (secondary N) is 2. The van der Waals surface area contributed by atoms with Gasteiger partial charge in [0.25, 0.3) is 0 Å². The summed E-state index contributed by atoms with van der Waals surface area (Å²) in [6.07, 6.45) is 7.55. The first-order valence-corrected chi connectivity index (χ1v) is 9.95. The van der Waals surface area contributed by atoms with E-state index in [9.17, 15) is 4.79 Å². The molecule has 0 spiro atoms. The van der Waals surface area contributed by atoms with Crippen LogP contribution in [-0.2, 0) is 11.2 Å². The molecular weight excluding hydrogens is 322 g/mol. The first kappa shape index (κ1) is 17.3. The van der Waals surface area contributed by atoms with Crippen LogP contribution in [0.4, 0.5) is 0 Å². The van der Waals surface area contributed by atoms with Crippen molar-refractivity contribution in [1.82, 2.24) is 15.2 Å². The van der Waals surface area contributed by atoms with Crippen LogP contribution in [0.1, 0.15) is 44.7 Å². The molecule has 1 aliphatic heterocycles. The molecule has 2 atom stereocenters. The molecule has 1 aromatic heterocycles. The number of hydrogen-bond donors (Lipinski definition) is 2. The minimum Gasteiger partial charge on any atom is -0.361 e. The quantitative estimate of drug-likeness (QED) is 0.862. The molecule has 0 fully saturated rings. The molecule has 0 radical (unpaired) electrons. The van der Waals surface area contributed by atoms with Crippen LogP contribution in [0, 0.1) is 5.92 Å². The molecule has 4 nitrogen and oxygen atoms in total. The standard InChI is InChI=1S/C22H29N3O/c1-4-5-9-25(14(2)3)22(26)16-10-18-17-7-6-8-19-21(17)15(12-23-19)11-20(18)24-13-16/h6-8,10,12,14,16,20,23-24H,4-5,9,11,13H2,1-3H3/t16-,20-/m1/s1. The predicted octanol–water partition coefficient (Wildman–Crippen LogP) is 3.73. The third kappa shape index (κ3) is 2.86. The van der Waals surface area contributed by atoms with Crippen molar-refractivity contribution in [3.63, 3.8) is 0 Å². The van der Waals surface area contributed by atoms with E-state index < -0.39 is 0 Å². The summed E-state index contributed by atoms with van der Waals surface area (Å²) in [5.74, 6) is 0.190. The average Bonchev–Trinajstić information content (AvgIpc) is 3.06. The third-order valence-corrected chi connectivity index (χ3v) is 5.84. The fourth-order valence-electron chi connectivity index (χ4n) is 4.43. The molecule has 1 aromatic carbocycles. The number of aromatic nitrogens is 1. The highest BCUT2D eigenvalue weighted by molar-refractivity contribution is 5.99. The molecule has 26 heavy (non-hydrogen) atoms. The number of nitrogens with zero attached hydrogens (tertiary/aromatic N) is 1. The van der Waals surface area contributed by atoms with Crippen molar-refractivity contribution < 1.29 is 4.79 Å². The molecule has 0 saturated carbocycles. The first-order chi connectivity index (χ1) is 12.6. The highest BCUT2D eigenvalue weighted by Crippen LogP contribution is 2.38. The van der Waals surface area contributed by atoms with Crippen molar-refractivity contribution in [2.75, 3.05) is 13.1 Å². The summed E-state index contributed by atoms with van der Waals surface area (Å²) in [6, 6.07) is 7.00. The maximum Gasteiger partial charge on any atom is 0.231 e. The predicted molar refractivity (Wildman–Crippen MR) is 107 cm³/mol. The van der Waals surface area contributed by atoms with Crippen LogP contribution in [0.3, 0.4) is 0 Å². The maximum absolute atomic E-state index is 13.2. The zero-order valence-corrected chi connectivity index (χ0v) is 16.0. The normalized spacial score (nSPS) is 21.6. The summed E-state index contributed by atoms with van der Waals surface area (Å²) >= 11 is 0. The lowest BCUT2D eigenvalue weighted by atomic mass is 9.80. The minimum absolute atomic E-state index is 0.0729. The van der Waals surface area contributed by atoms with Gasteiger partial charge in [-0.3, -0.25) is 4.79 Å². The van der Waals surface area contributed by atoms with E-state index in [2.05, 4.69) is 66.4 Å². The van der Waals surface area contributed by atoms with Gasteiger partial charge in [-0.2, -0.15) is 0 Å². The number of unbranched alkanes of at least 4 members (excludes halogenated alkanes) is 1. The van der Waals surface area contributed by atoms with Crippen LogP contribution in [-0.4, -0.2) is 41.0 Å². The molecule has 2 N–H and O–H groups in total. The molecule has 0 saturated heterocycles. The van der Waals surface area contributed by atoms with Gasteiger partial charge < -0.3 is 15.2 Å². The van der Waals surface area contributed by atoms with Crippen LogP contribution >= 0.6 is 0 Å². The molecule has 4 heteroatoms. The molecule has 1 aliphatic carbocycles. The Morgan fingerprint density at radius 3 is 2.96 bits per heavy atom. The number of amides is 1. The number of carbonyl (C=O) groups excluding carboxylic acids is 1. The van der Waals surface area contributed by atoms with Gasteiger partial charge in [0.05, 0.1) is 5.92 Å². The van der Waals surface area contributed by atoms with E-state index in [1.165, 1.54) is 27.6 Å². The van der Waals surface area contributed by atoms with E-state index in [0.29, 0.717) is 6.04 Å². The fraction of sp³-hybridized carbons (Fsp3) is 0.500. The van der Waals surface area contributed by atoms with Crippen LogP contribution in [0.15, 0.2) is 30.5 Å². The first-order valence-electron chi connectivity index (χ1n) is 9.95. The van der Waals surface area contributed by atoms with Crippen LogP contribution in [0.25, 0.3) is 16.5 Å². The number of rotatable bonds is 5. The highest BCUT2D eigenvalue weighted by atomic mass is 16.2. The Kier molecular flexibility index (Phi) is 4.62. The van der Waals surface area contributed by atoms with Crippen LogP contribution < -0.4 is 5.32 Å². The van der Waals surface area contributed by atoms with Gasteiger partial charge in [0.1, 0.15) is 0 Å². The van der Waals surface area contributed by atoms with Gasteiger partial charge in [0, 0.05) is 42.3 Å². The summed E-state index contributed by atoms with van der Waals surface area (Å²) in [7, 11) is 0. The largest absolute Gasteiger partial charge is 0.361 e. The van der Waals surface area contributed by atoms with Crippen molar-refractivity contribution in [3.8, 4) is 0 Å². The Hall–Kier alpha value is -2.07. The molecule has 138 valence electrons. The van der Waals surface area contributed by atoms with Crippen molar-refractivity contribution in [1.29, 1.82) is 0 Å². The van der Waals surface area contributed by atoms with E-state index in [1.54, 1.807) is 0 Å². The Balaban J connectivity index is 1.67. The molecule has 2 aliphatic rings. The molecule has 0 bridgehead atoms. The van der Waals surface area contributed by atoms with Gasteiger partial charge >= 0.3 is 0 Å². The van der Waals surface area contributed by atoms with Crippen molar-refractivity contribution >= 4 is 22.4 Å². The molecule has 1 amide bonds. The Morgan fingerprint density at radius 2 is 2.19 bits per heavy atom. The monoisotopic (exact) mass is 351 g/mol. The molecule has 4 rings (SSSR count).